The van der Waals surface area contributed by atoms with E-state index in [4.69, 9.17) is 29.6 Å². The summed E-state index contributed by atoms with van der Waals surface area (Å²) in [6.07, 6.45) is 0. The van der Waals surface area contributed by atoms with Gasteiger partial charge in [-0.3, -0.25) is 0 Å². The topological polar surface area (TPSA) is 43.8 Å². The van der Waals surface area contributed by atoms with Crippen LogP contribution in [0.2, 0.25) is 5.02 Å². The van der Waals surface area contributed by atoms with E-state index >= 15 is 0 Å². The molecule has 0 unspecified atom stereocenters. The van der Waals surface area contributed by atoms with Crippen molar-refractivity contribution in [3.63, 3.8) is 0 Å². The maximum atomic E-state index is 6.15. The highest BCUT2D eigenvalue weighted by atomic mass is 35.5. The van der Waals surface area contributed by atoms with Gasteiger partial charge in [-0.25, -0.2) is 4.68 Å². The average Bonchev–Trinajstić information content (AvgIpc) is 2.56. The summed E-state index contributed by atoms with van der Waals surface area (Å²) < 4.78 is 1.83. The van der Waals surface area contributed by atoms with Crippen LogP contribution in [-0.4, -0.2) is 14.8 Å². The van der Waals surface area contributed by atoms with Gasteiger partial charge in [0.25, 0.3) is 0 Å². The molecule has 0 atom stereocenters. The first-order chi connectivity index (χ1) is 8.41. The van der Waals surface area contributed by atoms with Crippen LogP contribution in [0.15, 0.2) is 18.2 Å². The Morgan fingerprint density at radius 2 is 2.00 bits per heavy atom. The van der Waals surface area contributed by atoms with E-state index in [2.05, 4.69) is 5.10 Å². The van der Waals surface area contributed by atoms with Gasteiger partial charge in [0.2, 0.25) is 0 Å². The molecular weight excluding hydrogens is 266 g/mol. The summed E-state index contributed by atoms with van der Waals surface area (Å²) in [4.78, 5) is 0.408. The highest BCUT2D eigenvalue weighted by Gasteiger charge is 2.11. The Kier molecular flexibility index (Phi) is 3.41. The van der Waals surface area contributed by atoms with Crippen LogP contribution in [0.5, 0.6) is 0 Å². The number of halogens is 1. The molecule has 0 radical (unpaired) electrons. The molecule has 94 valence electrons. The van der Waals surface area contributed by atoms with Gasteiger partial charge in [-0.15, -0.1) is 0 Å². The quantitative estimate of drug-likeness (QED) is 0.859. The number of aromatic nitrogens is 2. The van der Waals surface area contributed by atoms with Gasteiger partial charge in [-0.05, 0) is 44.5 Å². The first-order valence-corrected chi connectivity index (χ1v) is 6.33. The van der Waals surface area contributed by atoms with Crippen molar-refractivity contribution in [2.24, 2.45) is 5.73 Å². The van der Waals surface area contributed by atoms with E-state index in [-0.39, 0.29) is 0 Å². The monoisotopic (exact) mass is 279 g/mol. The Labute approximate surface area is 117 Å². The lowest BCUT2D eigenvalue weighted by Gasteiger charge is -2.09. The minimum atomic E-state index is 0.408. The maximum Gasteiger partial charge on any atom is 0.104 e. The molecule has 0 saturated heterocycles. The van der Waals surface area contributed by atoms with Gasteiger partial charge >= 0.3 is 0 Å². The van der Waals surface area contributed by atoms with Gasteiger partial charge in [0.05, 0.1) is 22.1 Å². The molecule has 0 bridgehead atoms. The zero-order valence-corrected chi connectivity index (χ0v) is 12.1. The standard InChI is InChI=1S/C13H14ClN3S/c1-7-6-10(4-5-11(7)13(15)18)17-9(3)12(14)8(2)16-17/h4-6H,1-3H3,(H2,15,18). The molecule has 18 heavy (non-hydrogen) atoms. The van der Waals surface area contributed by atoms with Crippen molar-refractivity contribution in [2.45, 2.75) is 20.8 Å². The predicted molar refractivity (Wildman–Crippen MR) is 78.7 cm³/mol. The molecule has 0 aliphatic rings. The number of aryl methyl sites for hydroxylation is 2. The van der Waals surface area contributed by atoms with E-state index in [1.807, 2.05) is 43.7 Å². The molecule has 3 nitrogen and oxygen atoms in total. The summed E-state index contributed by atoms with van der Waals surface area (Å²) in [6.45, 7) is 5.81. The second kappa shape index (κ2) is 4.71. The number of benzene rings is 1. The van der Waals surface area contributed by atoms with Gasteiger partial charge in [-0.2, -0.15) is 5.10 Å². The van der Waals surface area contributed by atoms with Crippen LogP contribution in [0.1, 0.15) is 22.5 Å². The summed E-state index contributed by atoms with van der Waals surface area (Å²) in [5.74, 6) is 0. The molecule has 0 aliphatic heterocycles. The fraction of sp³-hybridized carbons (Fsp3) is 0.231. The summed E-state index contributed by atoms with van der Waals surface area (Å²) in [6, 6.07) is 5.86. The van der Waals surface area contributed by atoms with Crippen molar-refractivity contribution in [2.75, 3.05) is 0 Å². The lowest BCUT2D eigenvalue weighted by Crippen LogP contribution is -2.11. The third-order valence-corrected chi connectivity index (χ3v) is 3.69. The van der Waals surface area contributed by atoms with Crippen LogP contribution >= 0.6 is 23.8 Å². The molecule has 1 heterocycles. The van der Waals surface area contributed by atoms with Crippen LogP contribution < -0.4 is 5.73 Å². The molecule has 0 spiro atoms. The number of hydrogen-bond acceptors (Lipinski definition) is 2. The summed E-state index contributed by atoms with van der Waals surface area (Å²) in [5, 5.41) is 5.12. The van der Waals surface area contributed by atoms with Gasteiger partial charge in [0.15, 0.2) is 0 Å². The van der Waals surface area contributed by atoms with E-state index in [0.717, 1.165) is 28.2 Å². The molecule has 0 saturated carbocycles. The van der Waals surface area contributed by atoms with Crippen molar-refractivity contribution in [1.29, 1.82) is 0 Å². The average molecular weight is 280 g/mol. The van der Waals surface area contributed by atoms with Crippen molar-refractivity contribution in [1.82, 2.24) is 9.78 Å². The number of rotatable bonds is 2. The minimum absolute atomic E-state index is 0.408. The van der Waals surface area contributed by atoms with Crippen molar-refractivity contribution in [3.05, 3.63) is 45.7 Å². The fourth-order valence-corrected chi connectivity index (χ4v) is 2.28. The Morgan fingerprint density at radius 1 is 1.33 bits per heavy atom. The number of hydrogen-bond donors (Lipinski definition) is 1. The Morgan fingerprint density at radius 3 is 2.44 bits per heavy atom. The van der Waals surface area contributed by atoms with Crippen LogP contribution in [0.25, 0.3) is 5.69 Å². The Hall–Kier alpha value is -1.39. The van der Waals surface area contributed by atoms with Gasteiger partial charge in [0, 0.05) is 5.56 Å². The molecule has 2 aromatic rings. The Bertz CT molecular complexity index is 631. The number of nitrogens with zero attached hydrogens (tertiary/aromatic N) is 2. The minimum Gasteiger partial charge on any atom is -0.389 e. The third-order valence-electron chi connectivity index (χ3n) is 2.92. The molecule has 2 N–H and O–H groups in total. The van der Waals surface area contributed by atoms with E-state index < -0.39 is 0 Å². The van der Waals surface area contributed by atoms with Gasteiger partial charge in [0.1, 0.15) is 4.99 Å². The fourth-order valence-electron chi connectivity index (χ4n) is 1.93. The van der Waals surface area contributed by atoms with E-state index in [9.17, 15) is 0 Å². The first kappa shape index (κ1) is 13.1. The van der Waals surface area contributed by atoms with Gasteiger partial charge in [-0.1, -0.05) is 23.8 Å². The molecule has 0 fully saturated rings. The van der Waals surface area contributed by atoms with Crippen LogP contribution in [0.4, 0.5) is 0 Å². The lowest BCUT2D eigenvalue weighted by atomic mass is 10.1. The van der Waals surface area contributed by atoms with Crippen LogP contribution in [0.3, 0.4) is 0 Å². The zero-order valence-electron chi connectivity index (χ0n) is 10.5. The van der Waals surface area contributed by atoms with Crippen LogP contribution in [-0.2, 0) is 0 Å². The van der Waals surface area contributed by atoms with Gasteiger partial charge < -0.3 is 5.73 Å². The number of thiocarbonyl (C=S) groups is 1. The van der Waals surface area contributed by atoms with Crippen molar-refractivity contribution >= 4 is 28.8 Å². The molecule has 0 aliphatic carbocycles. The molecule has 5 heteroatoms. The van der Waals surface area contributed by atoms with E-state index in [0.29, 0.717) is 10.0 Å². The Balaban J connectivity index is 2.55. The molecular formula is C13H14ClN3S. The molecule has 1 aromatic heterocycles. The van der Waals surface area contributed by atoms with E-state index in [1.54, 1.807) is 0 Å². The highest BCUT2D eigenvalue weighted by molar-refractivity contribution is 7.80. The lowest BCUT2D eigenvalue weighted by molar-refractivity contribution is 0.832. The SMILES string of the molecule is Cc1cc(-n2nc(C)c(Cl)c2C)ccc1C(N)=S. The molecule has 0 amide bonds. The van der Waals surface area contributed by atoms with Crippen molar-refractivity contribution < 1.29 is 0 Å². The normalized spacial score (nSPS) is 10.7. The highest BCUT2D eigenvalue weighted by Crippen LogP contribution is 2.23. The first-order valence-electron chi connectivity index (χ1n) is 5.54. The second-order valence-corrected chi connectivity index (χ2v) is 5.08. The van der Waals surface area contributed by atoms with Crippen LogP contribution in [0, 0.1) is 20.8 Å². The van der Waals surface area contributed by atoms with E-state index in [1.165, 1.54) is 0 Å². The second-order valence-electron chi connectivity index (χ2n) is 4.26. The summed E-state index contributed by atoms with van der Waals surface area (Å²) in [7, 11) is 0. The molecule has 2 rings (SSSR count). The number of nitrogens with two attached hydrogens (primary N) is 1. The molecule has 1 aromatic carbocycles. The largest absolute Gasteiger partial charge is 0.389 e. The zero-order chi connectivity index (χ0) is 13.4. The summed E-state index contributed by atoms with van der Waals surface area (Å²) in [5.41, 5.74) is 10.3. The summed E-state index contributed by atoms with van der Waals surface area (Å²) >= 11 is 11.1. The third kappa shape index (κ3) is 2.13. The maximum absolute atomic E-state index is 6.15. The van der Waals surface area contributed by atoms with Crippen molar-refractivity contribution in [3.8, 4) is 5.69 Å². The predicted octanol–water partition coefficient (Wildman–Crippen LogP) is 3.09. The smallest absolute Gasteiger partial charge is 0.104 e.